The Balaban J connectivity index is 1.86. The van der Waals surface area contributed by atoms with Crippen LogP contribution >= 0.6 is 11.6 Å². The van der Waals surface area contributed by atoms with Gasteiger partial charge in [-0.25, -0.2) is 17.2 Å². The van der Waals surface area contributed by atoms with E-state index in [2.05, 4.69) is 10.1 Å². The van der Waals surface area contributed by atoms with Crippen LogP contribution in [0.4, 0.5) is 27.6 Å². The second kappa shape index (κ2) is 9.07. The molecule has 0 aromatic heterocycles. The van der Waals surface area contributed by atoms with Crippen molar-refractivity contribution in [1.29, 1.82) is 0 Å². The molecule has 0 radical (unpaired) electrons. The van der Waals surface area contributed by atoms with Crippen LogP contribution in [0.25, 0.3) is 11.1 Å². The first-order valence-electron chi connectivity index (χ1n) is 9.46. The number of ether oxygens (including phenoxy) is 1. The summed E-state index contributed by atoms with van der Waals surface area (Å²) in [7, 11) is -3.93. The third-order valence-electron chi connectivity index (χ3n) is 4.91. The number of nitrogens with one attached hydrogen (secondary N) is 1. The number of halogens is 6. The van der Waals surface area contributed by atoms with Crippen LogP contribution in [0.15, 0.2) is 42.5 Å². The van der Waals surface area contributed by atoms with Crippen molar-refractivity contribution in [3.63, 3.8) is 0 Å². The van der Waals surface area contributed by atoms with E-state index < -0.39 is 59.4 Å². The van der Waals surface area contributed by atoms with Gasteiger partial charge in [-0.1, -0.05) is 35.9 Å². The van der Waals surface area contributed by atoms with Crippen LogP contribution in [0, 0.1) is 0 Å². The van der Waals surface area contributed by atoms with Crippen LogP contribution in [-0.2, 0) is 14.8 Å². The Bertz CT molecular complexity index is 1160. The van der Waals surface area contributed by atoms with E-state index in [-0.39, 0.29) is 21.8 Å². The van der Waals surface area contributed by atoms with Crippen molar-refractivity contribution in [3.05, 3.63) is 47.5 Å². The maximum atomic E-state index is 13.9. The van der Waals surface area contributed by atoms with Crippen LogP contribution in [0.2, 0.25) is 5.02 Å². The zero-order valence-corrected chi connectivity index (χ0v) is 18.6. The Kier molecular flexibility index (Phi) is 6.92. The topological polar surface area (TPSA) is 75.7 Å². The largest absolute Gasteiger partial charge is 0.573 e. The molecule has 1 fully saturated rings. The number of benzene rings is 2. The number of hydrogen-bond acceptors (Lipinski definition) is 4. The predicted octanol–water partition coefficient (Wildman–Crippen LogP) is 4.90. The fraction of sp³-hybridized carbons (Fsp3) is 0.350. The summed E-state index contributed by atoms with van der Waals surface area (Å²) in [6.07, 6.45) is -5.80. The summed E-state index contributed by atoms with van der Waals surface area (Å²) in [6, 6.07) is 7.49. The lowest BCUT2D eigenvalue weighted by Crippen LogP contribution is -2.54. The first-order chi connectivity index (χ1) is 15.2. The molecule has 6 nitrogen and oxygen atoms in total. The van der Waals surface area contributed by atoms with Gasteiger partial charge >= 0.3 is 6.36 Å². The minimum absolute atomic E-state index is 0.0351. The fourth-order valence-electron chi connectivity index (χ4n) is 3.48. The van der Waals surface area contributed by atoms with Crippen LogP contribution < -0.4 is 10.1 Å². The lowest BCUT2D eigenvalue weighted by atomic mass is 10.00. The van der Waals surface area contributed by atoms with E-state index in [9.17, 15) is 35.2 Å². The van der Waals surface area contributed by atoms with E-state index in [4.69, 9.17) is 11.6 Å². The van der Waals surface area contributed by atoms with E-state index in [1.807, 2.05) is 0 Å². The van der Waals surface area contributed by atoms with Crippen LogP contribution in [0.1, 0.15) is 12.8 Å². The molecule has 33 heavy (non-hydrogen) atoms. The van der Waals surface area contributed by atoms with Gasteiger partial charge in [-0.05, 0) is 18.2 Å². The molecule has 0 saturated carbocycles. The van der Waals surface area contributed by atoms with Gasteiger partial charge in [-0.15, -0.1) is 13.2 Å². The summed E-state index contributed by atoms with van der Waals surface area (Å²) in [6.45, 7) is -0.514. The molecule has 0 spiro atoms. The average molecular weight is 513 g/mol. The van der Waals surface area contributed by atoms with Crippen LogP contribution in [-0.4, -0.2) is 49.8 Å². The number of anilines is 1. The van der Waals surface area contributed by atoms with Gasteiger partial charge < -0.3 is 10.1 Å². The lowest BCUT2D eigenvalue weighted by Gasteiger charge is -2.36. The number of hydrogen-bond donors (Lipinski definition) is 1. The van der Waals surface area contributed by atoms with E-state index in [1.54, 1.807) is 0 Å². The molecule has 1 unspecified atom stereocenters. The first-order valence-corrected chi connectivity index (χ1v) is 11.7. The van der Waals surface area contributed by atoms with Crippen LogP contribution in [0.5, 0.6) is 5.75 Å². The molecule has 1 atom stereocenters. The average Bonchev–Trinajstić information content (AvgIpc) is 2.66. The summed E-state index contributed by atoms with van der Waals surface area (Å²) in [4.78, 5) is 12.7. The zero-order chi connectivity index (χ0) is 24.6. The number of carbonyl (C=O) groups is 1. The van der Waals surface area contributed by atoms with Gasteiger partial charge in [0.25, 0.3) is 5.92 Å². The predicted molar refractivity (Wildman–Crippen MR) is 112 cm³/mol. The van der Waals surface area contributed by atoms with Gasteiger partial charge in [0.15, 0.2) is 0 Å². The highest BCUT2D eigenvalue weighted by atomic mass is 35.5. The van der Waals surface area contributed by atoms with Crippen LogP contribution in [0.3, 0.4) is 0 Å². The fourth-order valence-corrected chi connectivity index (χ4v) is 4.81. The summed E-state index contributed by atoms with van der Waals surface area (Å²) in [5, 5.41) is 2.29. The number of piperidine rings is 1. The lowest BCUT2D eigenvalue weighted by molar-refractivity contribution is -0.274. The molecule has 2 aromatic rings. The molecular formula is C20H18ClF5N2O4S. The van der Waals surface area contributed by atoms with E-state index in [0.29, 0.717) is 4.31 Å². The number of nitrogens with zero attached hydrogens (tertiary/aromatic N) is 1. The molecule has 1 N–H and O–H groups in total. The highest BCUT2D eigenvalue weighted by Gasteiger charge is 2.46. The van der Waals surface area contributed by atoms with Gasteiger partial charge in [-0.2, -0.15) is 4.31 Å². The molecule has 0 aliphatic carbocycles. The summed E-state index contributed by atoms with van der Waals surface area (Å²) in [5.41, 5.74) is 0.245. The van der Waals surface area contributed by atoms with Crippen molar-refractivity contribution < 1.29 is 39.9 Å². The molecule has 3 rings (SSSR count). The maximum Gasteiger partial charge on any atom is 0.573 e. The minimum Gasteiger partial charge on any atom is -0.405 e. The second-order valence-corrected chi connectivity index (χ2v) is 9.77. The standard InChI is InChI=1S/C20H18ClF5N2O4S/c1-33(30,31)28-9-8-19(22,23)11-16(28)18(29)27-12-6-7-13(15(21)10-12)14-4-2-3-5-17(14)32-20(24,25)26/h2-7,10,16H,8-9,11H2,1H3,(H,27,29). The Hall–Kier alpha value is -2.44. The number of carbonyl (C=O) groups excluding carboxylic acids is 1. The number of alkyl halides is 5. The summed E-state index contributed by atoms with van der Waals surface area (Å²) < 4.78 is 94.4. The molecule has 180 valence electrons. The normalized spacial score (nSPS) is 19.2. The molecule has 1 aliphatic heterocycles. The SMILES string of the molecule is CS(=O)(=O)N1CCC(F)(F)CC1C(=O)Nc1ccc(-c2ccccc2OC(F)(F)F)c(Cl)c1. The van der Waals surface area contributed by atoms with E-state index in [1.165, 1.54) is 36.4 Å². The van der Waals surface area contributed by atoms with Crippen molar-refractivity contribution in [2.75, 3.05) is 18.1 Å². The Morgan fingerprint density at radius 2 is 1.85 bits per heavy atom. The van der Waals surface area contributed by atoms with Gasteiger partial charge in [-0.3, -0.25) is 4.79 Å². The summed E-state index contributed by atoms with van der Waals surface area (Å²) >= 11 is 6.21. The summed E-state index contributed by atoms with van der Waals surface area (Å²) in [5.74, 6) is -4.69. The van der Waals surface area contributed by atoms with Crippen molar-refractivity contribution in [2.24, 2.45) is 0 Å². The monoisotopic (exact) mass is 512 g/mol. The molecule has 13 heteroatoms. The van der Waals surface area contributed by atoms with Gasteiger partial charge in [0.2, 0.25) is 15.9 Å². The van der Waals surface area contributed by atoms with Gasteiger partial charge in [0.1, 0.15) is 11.8 Å². The molecular weight excluding hydrogens is 495 g/mol. The Morgan fingerprint density at radius 1 is 1.18 bits per heavy atom. The molecule has 2 aromatic carbocycles. The number of rotatable bonds is 5. The van der Waals surface area contributed by atoms with E-state index in [0.717, 1.165) is 12.3 Å². The minimum atomic E-state index is -4.93. The van der Waals surface area contributed by atoms with Crippen molar-refractivity contribution in [1.82, 2.24) is 4.31 Å². The second-order valence-electron chi connectivity index (χ2n) is 7.43. The maximum absolute atomic E-state index is 13.9. The smallest absolute Gasteiger partial charge is 0.405 e. The third-order valence-corrected chi connectivity index (χ3v) is 6.51. The number of amides is 1. The highest BCUT2D eigenvalue weighted by Crippen LogP contribution is 2.39. The molecule has 0 bridgehead atoms. The van der Waals surface area contributed by atoms with E-state index >= 15 is 0 Å². The quantitative estimate of drug-likeness (QED) is 0.578. The molecule has 1 heterocycles. The van der Waals surface area contributed by atoms with Crippen molar-refractivity contribution >= 4 is 33.2 Å². The van der Waals surface area contributed by atoms with Crippen molar-refractivity contribution in [2.45, 2.75) is 31.2 Å². The zero-order valence-electron chi connectivity index (χ0n) is 17.0. The van der Waals surface area contributed by atoms with Gasteiger partial charge in [0.05, 0.1) is 11.3 Å². The Labute approximate surface area is 191 Å². The first kappa shape index (κ1) is 25.2. The Morgan fingerprint density at radius 3 is 2.45 bits per heavy atom. The van der Waals surface area contributed by atoms with Crippen molar-refractivity contribution in [3.8, 4) is 16.9 Å². The molecule has 1 aliphatic rings. The molecule has 1 amide bonds. The van der Waals surface area contributed by atoms with Gasteiger partial charge in [0, 0.05) is 36.2 Å². The highest BCUT2D eigenvalue weighted by molar-refractivity contribution is 7.88. The number of sulfonamides is 1. The third kappa shape index (κ3) is 6.33. The molecule has 1 saturated heterocycles. The number of para-hydroxylation sites is 1.